The fourth-order valence-electron chi connectivity index (χ4n) is 2.26. The van der Waals surface area contributed by atoms with Gasteiger partial charge in [0.2, 0.25) is 10.0 Å². The Labute approximate surface area is 137 Å². The first-order chi connectivity index (χ1) is 10.9. The van der Waals surface area contributed by atoms with E-state index in [1.807, 2.05) is 13.0 Å². The van der Waals surface area contributed by atoms with Crippen molar-refractivity contribution in [1.29, 1.82) is 0 Å². The van der Waals surface area contributed by atoms with Gasteiger partial charge in [0, 0.05) is 26.0 Å². The molecule has 0 aliphatic heterocycles. The Morgan fingerprint density at radius 1 is 1.22 bits per heavy atom. The van der Waals surface area contributed by atoms with Crippen molar-refractivity contribution in [2.45, 2.75) is 30.8 Å². The van der Waals surface area contributed by atoms with E-state index in [1.165, 1.54) is 4.31 Å². The van der Waals surface area contributed by atoms with Crippen LogP contribution in [0.4, 0.5) is 0 Å². The molecule has 1 atom stereocenters. The molecule has 1 N–H and O–H groups in total. The summed E-state index contributed by atoms with van der Waals surface area (Å²) in [5.74, 6) is 0. The molecule has 1 aromatic carbocycles. The van der Waals surface area contributed by atoms with Crippen LogP contribution < -0.4 is 0 Å². The summed E-state index contributed by atoms with van der Waals surface area (Å²) in [5, 5.41) is 10.1. The summed E-state index contributed by atoms with van der Waals surface area (Å²) in [6, 6.07) is 10.4. The van der Waals surface area contributed by atoms with Crippen molar-refractivity contribution < 1.29 is 13.5 Å². The number of aliphatic hydroxyl groups is 1. The molecule has 2 aromatic rings. The molecule has 23 heavy (non-hydrogen) atoms. The van der Waals surface area contributed by atoms with Crippen LogP contribution >= 0.6 is 0 Å². The van der Waals surface area contributed by atoms with Gasteiger partial charge in [-0.2, -0.15) is 0 Å². The second-order valence-corrected chi connectivity index (χ2v) is 7.63. The average molecular weight is 334 g/mol. The highest BCUT2D eigenvalue weighted by Crippen LogP contribution is 2.19. The first-order valence-electron chi connectivity index (χ1n) is 7.52. The summed E-state index contributed by atoms with van der Waals surface area (Å²) >= 11 is 0. The van der Waals surface area contributed by atoms with Crippen LogP contribution in [-0.2, 0) is 10.0 Å². The van der Waals surface area contributed by atoms with E-state index >= 15 is 0 Å². The number of rotatable bonds is 7. The van der Waals surface area contributed by atoms with Crippen LogP contribution in [0.15, 0.2) is 53.7 Å². The second kappa shape index (κ2) is 7.68. The van der Waals surface area contributed by atoms with Crippen LogP contribution in [0.3, 0.4) is 0 Å². The van der Waals surface area contributed by atoms with Gasteiger partial charge < -0.3 is 5.11 Å². The maximum absolute atomic E-state index is 12.4. The van der Waals surface area contributed by atoms with Gasteiger partial charge in [-0.05, 0) is 43.5 Å². The molecule has 1 heterocycles. The van der Waals surface area contributed by atoms with Gasteiger partial charge in [0.25, 0.3) is 0 Å². The standard InChI is InChI=1S/C17H22N2O3S/c1-14-7-9-16(10-8-14)23(21,22)19(2)12-4-6-17(20)15-5-3-11-18-13-15/h3,5,7-11,13,17,20H,4,6,12H2,1-2H3/t17-/m1/s1. The van der Waals surface area contributed by atoms with E-state index in [0.717, 1.165) is 11.1 Å². The lowest BCUT2D eigenvalue weighted by atomic mass is 10.1. The zero-order chi connectivity index (χ0) is 16.9. The third-order valence-corrected chi connectivity index (χ3v) is 5.62. The van der Waals surface area contributed by atoms with Crippen LogP contribution in [0.1, 0.15) is 30.1 Å². The van der Waals surface area contributed by atoms with Gasteiger partial charge >= 0.3 is 0 Å². The molecule has 0 radical (unpaired) electrons. The third-order valence-electron chi connectivity index (χ3n) is 3.75. The van der Waals surface area contributed by atoms with Crippen LogP contribution in [0.5, 0.6) is 0 Å². The minimum absolute atomic E-state index is 0.290. The lowest BCUT2D eigenvalue weighted by molar-refractivity contribution is 0.162. The summed E-state index contributed by atoms with van der Waals surface area (Å²) < 4.78 is 26.2. The normalized spacial score (nSPS) is 13.2. The Kier molecular flexibility index (Phi) is 5.87. The van der Waals surface area contributed by atoms with E-state index in [-0.39, 0.29) is 0 Å². The Balaban J connectivity index is 1.91. The summed E-state index contributed by atoms with van der Waals surface area (Å²) in [5.41, 5.74) is 1.77. The summed E-state index contributed by atoms with van der Waals surface area (Å²) in [6.45, 7) is 2.27. The third kappa shape index (κ3) is 4.60. The maximum atomic E-state index is 12.4. The minimum Gasteiger partial charge on any atom is -0.388 e. The fourth-order valence-corrected chi connectivity index (χ4v) is 3.47. The molecule has 2 rings (SSSR count). The number of aromatic nitrogens is 1. The van der Waals surface area contributed by atoms with Crippen LogP contribution in [0, 0.1) is 6.92 Å². The van der Waals surface area contributed by atoms with E-state index in [1.54, 1.807) is 49.8 Å². The van der Waals surface area contributed by atoms with E-state index in [9.17, 15) is 13.5 Å². The maximum Gasteiger partial charge on any atom is 0.242 e. The molecule has 1 aromatic heterocycles. The molecular formula is C17H22N2O3S. The van der Waals surface area contributed by atoms with Crippen molar-refractivity contribution in [3.8, 4) is 0 Å². The number of aliphatic hydroxyl groups excluding tert-OH is 1. The minimum atomic E-state index is -3.48. The second-order valence-electron chi connectivity index (χ2n) is 5.58. The van der Waals surface area contributed by atoms with Crippen LogP contribution in [0.2, 0.25) is 0 Å². The number of sulfonamides is 1. The Hall–Kier alpha value is -1.76. The molecular weight excluding hydrogens is 312 g/mol. The molecule has 0 fully saturated rings. The number of pyridine rings is 1. The molecule has 0 aliphatic rings. The largest absolute Gasteiger partial charge is 0.388 e. The molecule has 0 bridgehead atoms. The summed E-state index contributed by atoms with van der Waals surface area (Å²) in [6.07, 6.45) is 3.70. The molecule has 0 saturated carbocycles. The molecule has 0 unspecified atom stereocenters. The molecule has 0 saturated heterocycles. The van der Waals surface area contributed by atoms with E-state index < -0.39 is 16.1 Å². The molecule has 0 spiro atoms. The van der Waals surface area contributed by atoms with Crippen molar-refractivity contribution in [2.24, 2.45) is 0 Å². The lowest BCUT2D eigenvalue weighted by Gasteiger charge is -2.18. The zero-order valence-electron chi connectivity index (χ0n) is 13.4. The molecule has 5 nitrogen and oxygen atoms in total. The molecule has 6 heteroatoms. The highest BCUT2D eigenvalue weighted by molar-refractivity contribution is 7.89. The molecule has 0 amide bonds. The van der Waals surface area contributed by atoms with Gasteiger partial charge in [-0.1, -0.05) is 23.8 Å². The van der Waals surface area contributed by atoms with E-state index in [2.05, 4.69) is 4.98 Å². The first-order valence-corrected chi connectivity index (χ1v) is 8.96. The van der Waals surface area contributed by atoms with E-state index in [4.69, 9.17) is 0 Å². The van der Waals surface area contributed by atoms with Crippen molar-refractivity contribution in [2.75, 3.05) is 13.6 Å². The Morgan fingerprint density at radius 2 is 1.91 bits per heavy atom. The number of hydrogen-bond acceptors (Lipinski definition) is 4. The average Bonchev–Trinajstić information content (AvgIpc) is 2.55. The van der Waals surface area contributed by atoms with Gasteiger partial charge in [-0.15, -0.1) is 0 Å². The Bertz CT molecular complexity index is 715. The van der Waals surface area contributed by atoms with Crippen molar-refractivity contribution in [3.63, 3.8) is 0 Å². The van der Waals surface area contributed by atoms with Crippen molar-refractivity contribution >= 4 is 10.0 Å². The molecule has 0 aliphatic carbocycles. The predicted molar refractivity (Wildman–Crippen MR) is 89.4 cm³/mol. The van der Waals surface area contributed by atoms with Gasteiger partial charge in [-0.3, -0.25) is 4.98 Å². The Morgan fingerprint density at radius 3 is 2.52 bits per heavy atom. The van der Waals surface area contributed by atoms with Crippen molar-refractivity contribution in [3.05, 3.63) is 59.9 Å². The topological polar surface area (TPSA) is 70.5 Å². The summed E-state index contributed by atoms with van der Waals surface area (Å²) in [4.78, 5) is 4.26. The smallest absolute Gasteiger partial charge is 0.242 e. The van der Waals surface area contributed by atoms with Gasteiger partial charge in [-0.25, -0.2) is 12.7 Å². The van der Waals surface area contributed by atoms with E-state index in [0.29, 0.717) is 24.3 Å². The SMILES string of the molecule is Cc1ccc(S(=O)(=O)N(C)CCC[C@@H](O)c2cccnc2)cc1. The number of benzene rings is 1. The number of aryl methyl sites for hydroxylation is 1. The fraction of sp³-hybridized carbons (Fsp3) is 0.353. The van der Waals surface area contributed by atoms with Crippen molar-refractivity contribution in [1.82, 2.24) is 9.29 Å². The number of hydrogen-bond donors (Lipinski definition) is 1. The predicted octanol–water partition coefficient (Wildman–Crippen LogP) is 2.52. The monoisotopic (exact) mass is 334 g/mol. The lowest BCUT2D eigenvalue weighted by Crippen LogP contribution is -2.28. The zero-order valence-corrected chi connectivity index (χ0v) is 14.2. The molecule has 124 valence electrons. The van der Waals surface area contributed by atoms with Crippen LogP contribution in [0.25, 0.3) is 0 Å². The first kappa shape index (κ1) is 17.6. The number of nitrogens with zero attached hydrogens (tertiary/aromatic N) is 2. The van der Waals surface area contributed by atoms with Gasteiger partial charge in [0.15, 0.2) is 0 Å². The quantitative estimate of drug-likeness (QED) is 0.845. The van der Waals surface area contributed by atoms with Gasteiger partial charge in [0.1, 0.15) is 0 Å². The summed E-state index contributed by atoms with van der Waals surface area (Å²) in [7, 11) is -1.92. The highest BCUT2D eigenvalue weighted by Gasteiger charge is 2.20. The van der Waals surface area contributed by atoms with Crippen LogP contribution in [-0.4, -0.2) is 36.4 Å². The van der Waals surface area contributed by atoms with Gasteiger partial charge in [0.05, 0.1) is 11.0 Å². The highest BCUT2D eigenvalue weighted by atomic mass is 32.2.